The number of para-hydroxylation sites is 2. The first kappa shape index (κ1) is 10.7. The summed E-state index contributed by atoms with van der Waals surface area (Å²) >= 11 is 0. The van der Waals surface area contributed by atoms with Gasteiger partial charge in [-0.2, -0.15) is 0 Å². The molecule has 1 aromatic carbocycles. The molecule has 0 aromatic heterocycles. The minimum atomic E-state index is -0.0102. The maximum Gasteiger partial charge on any atom is 0.232 e. The number of hydrogen-bond donors (Lipinski definition) is 1. The van der Waals surface area contributed by atoms with Crippen molar-refractivity contribution in [1.29, 1.82) is 0 Å². The quantitative estimate of drug-likeness (QED) is 0.782. The summed E-state index contributed by atoms with van der Waals surface area (Å²) in [6, 6.07) is 7.59. The number of fused-ring (bicyclic) bond motifs is 1. The van der Waals surface area contributed by atoms with Crippen molar-refractivity contribution in [3.8, 4) is 0 Å². The second-order valence-electron chi connectivity index (χ2n) is 3.78. The molecule has 84 valence electrons. The Bertz CT molecular complexity index is 440. The highest BCUT2D eigenvalue weighted by Gasteiger charge is 2.17. The van der Waals surface area contributed by atoms with Gasteiger partial charge >= 0.3 is 0 Å². The maximum atomic E-state index is 11.7. The third-order valence-electron chi connectivity index (χ3n) is 2.66. The summed E-state index contributed by atoms with van der Waals surface area (Å²) in [4.78, 5) is 18.2. The van der Waals surface area contributed by atoms with E-state index in [-0.39, 0.29) is 5.91 Å². The zero-order valence-electron chi connectivity index (χ0n) is 9.53. The zero-order chi connectivity index (χ0) is 11.5. The van der Waals surface area contributed by atoms with Gasteiger partial charge in [-0.25, -0.2) is 4.99 Å². The topological polar surface area (TPSA) is 44.7 Å². The van der Waals surface area contributed by atoms with Crippen LogP contribution >= 0.6 is 0 Å². The second kappa shape index (κ2) is 4.35. The molecule has 4 heteroatoms. The highest BCUT2D eigenvalue weighted by molar-refractivity contribution is 6.09. The number of carbonyl (C=O) groups excluding carboxylic acids is 1. The van der Waals surface area contributed by atoms with Gasteiger partial charge in [0.25, 0.3) is 0 Å². The number of benzene rings is 1. The van der Waals surface area contributed by atoms with Gasteiger partial charge in [-0.15, -0.1) is 0 Å². The number of amidine groups is 1. The number of rotatable bonds is 1. The molecule has 0 atom stereocenters. The molecule has 16 heavy (non-hydrogen) atoms. The lowest BCUT2D eigenvalue weighted by molar-refractivity contribution is -0.115. The number of nitrogens with one attached hydrogen (secondary N) is 1. The van der Waals surface area contributed by atoms with Crippen LogP contribution in [-0.4, -0.2) is 30.2 Å². The summed E-state index contributed by atoms with van der Waals surface area (Å²) in [6.45, 7) is 2.88. The predicted octanol–water partition coefficient (Wildman–Crippen LogP) is 2.01. The smallest absolute Gasteiger partial charge is 0.232 e. The molecule has 0 radical (unpaired) electrons. The van der Waals surface area contributed by atoms with E-state index in [1.807, 2.05) is 43.1 Å². The number of amides is 1. The van der Waals surface area contributed by atoms with Gasteiger partial charge in [0.05, 0.1) is 17.8 Å². The molecular weight excluding hydrogens is 202 g/mol. The van der Waals surface area contributed by atoms with Gasteiger partial charge in [-0.3, -0.25) is 4.79 Å². The largest absolute Gasteiger partial charge is 0.363 e. The van der Waals surface area contributed by atoms with E-state index in [2.05, 4.69) is 10.3 Å². The van der Waals surface area contributed by atoms with Crippen molar-refractivity contribution < 1.29 is 4.79 Å². The third-order valence-corrected chi connectivity index (χ3v) is 2.66. The van der Waals surface area contributed by atoms with Crippen molar-refractivity contribution in [2.75, 3.05) is 18.9 Å². The van der Waals surface area contributed by atoms with E-state index in [9.17, 15) is 4.79 Å². The molecule has 4 nitrogen and oxygen atoms in total. The fraction of sp³-hybridized carbons (Fsp3) is 0.333. The molecule has 1 amide bonds. The number of aliphatic imine (C=N–C) groups is 1. The molecular formula is C12H15N3O. The van der Waals surface area contributed by atoms with E-state index < -0.39 is 0 Å². The second-order valence-corrected chi connectivity index (χ2v) is 3.78. The van der Waals surface area contributed by atoms with E-state index in [4.69, 9.17) is 0 Å². The Morgan fingerprint density at radius 3 is 2.94 bits per heavy atom. The van der Waals surface area contributed by atoms with Crippen LogP contribution in [0, 0.1) is 0 Å². The van der Waals surface area contributed by atoms with Crippen LogP contribution in [0.4, 0.5) is 11.4 Å². The lowest BCUT2D eigenvalue weighted by Gasteiger charge is -2.17. The molecule has 1 heterocycles. The van der Waals surface area contributed by atoms with Gasteiger partial charge in [0.15, 0.2) is 0 Å². The van der Waals surface area contributed by atoms with E-state index in [1.165, 1.54) is 0 Å². The fourth-order valence-electron chi connectivity index (χ4n) is 1.60. The molecule has 0 spiro atoms. The van der Waals surface area contributed by atoms with Crippen molar-refractivity contribution in [2.45, 2.75) is 13.3 Å². The lowest BCUT2D eigenvalue weighted by atomic mass is 10.3. The van der Waals surface area contributed by atoms with E-state index in [1.54, 1.807) is 0 Å². The van der Waals surface area contributed by atoms with Crippen LogP contribution in [0.25, 0.3) is 0 Å². The summed E-state index contributed by atoms with van der Waals surface area (Å²) in [6.07, 6.45) is 0.332. The number of nitrogens with zero attached hydrogens (tertiary/aromatic N) is 2. The van der Waals surface area contributed by atoms with Crippen LogP contribution in [0.2, 0.25) is 0 Å². The minimum absolute atomic E-state index is 0.0102. The zero-order valence-corrected chi connectivity index (χ0v) is 9.53. The highest BCUT2D eigenvalue weighted by atomic mass is 16.1. The van der Waals surface area contributed by atoms with Crippen molar-refractivity contribution in [3.05, 3.63) is 24.3 Å². The maximum absolute atomic E-state index is 11.7. The van der Waals surface area contributed by atoms with Crippen molar-refractivity contribution in [3.63, 3.8) is 0 Å². The first-order valence-corrected chi connectivity index (χ1v) is 5.38. The van der Waals surface area contributed by atoms with Crippen LogP contribution in [-0.2, 0) is 4.79 Å². The molecule has 1 aliphatic rings. The molecule has 1 N–H and O–H groups in total. The van der Waals surface area contributed by atoms with Crippen LogP contribution in [0.15, 0.2) is 29.3 Å². The Balaban J connectivity index is 2.42. The van der Waals surface area contributed by atoms with Crippen LogP contribution in [0.3, 0.4) is 0 Å². The Kier molecular flexibility index (Phi) is 2.90. The number of anilines is 1. The molecule has 2 rings (SSSR count). The number of hydrogen-bond acceptors (Lipinski definition) is 3. The molecule has 1 aliphatic heterocycles. The van der Waals surface area contributed by atoms with Crippen molar-refractivity contribution >= 4 is 23.1 Å². The van der Waals surface area contributed by atoms with Gasteiger partial charge in [-0.1, -0.05) is 12.1 Å². The third kappa shape index (κ3) is 2.05. The summed E-state index contributed by atoms with van der Waals surface area (Å²) in [5.41, 5.74) is 1.61. The molecule has 0 fully saturated rings. The molecule has 1 aromatic rings. The monoisotopic (exact) mass is 217 g/mol. The Morgan fingerprint density at radius 1 is 1.44 bits per heavy atom. The lowest BCUT2D eigenvalue weighted by Crippen LogP contribution is -2.29. The van der Waals surface area contributed by atoms with Gasteiger partial charge < -0.3 is 10.2 Å². The molecule has 0 unspecified atom stereocenters. The normalized spacial score (nSPS) is 14.6. The summed E-state index contributed by atoms with van der Waals surface area (Å²) in [5, 5.41) is 2.85. The summed E-state index contributed by atoms with van der Waals surface area (Å²) in [5.74, 6) is 0.800. The van der Waals surface area contributed by atoms with Gasteiger partial charge in [-0.05, 0) is 19.1 Å². The van der Waals surface area contributed by atoms with Gasteiger partial charge in [0.1, 0.15) is 5.84 Å². The average molecular weight is 217 g/mol. The molecule has 0 aliphatic carbocycles. The SMILES string of the molecule is CCN(C)C1=Nc2ccccc2NC(=O)C1. The summed E-state index contributed by atoms with van der Waals surface area (Å²) in [7, 11) is 1.94. The first-order valence-electron chi connectivity index (χ1n) is 5.38. The molecule has 0 bridgehead atoms. The number of carbonyl (C=O) groups is 1. The van der Waals surface area contributed by atoms with Gasteiger partial charge in [0.2, 0.25) is 5.91 Å². The van der Waals surface area contributed by atoms with Crippen molar-refractivity contribution in [1.82, 2.24) is 4.90 Å². The fourth-order valence-corrected chi connectivity index (χ4v) is 1.60. The average Bonchev–Trinajstić information content (AvgIpc) is 2.45. The Labute approximate surface area is 95.0 Å². The Morgan fingerprint density at radius 2 is 2.19 bits per heavy atom. The summed E-state index contributed by atoms with van der Waals surface area (Å²) < 4.78 is 0. The highest BCUT2D eigenvalue weighted by Crippen LogP contribution is 2.27. The van der Waals surface area contributed by atoms with Crippen LogP contribution in [0.5, 0.6) is 0 Å². The molecule has 0 saturated carbocycles. The van der Waals surface area contributed by atoms with Crippen LogP contribution in [0.1, 0.15) is 13.3 Å². The van der Waals surface area contributed by atoms with E-state index >= 15 is 0 Å². The van der Waals surface area contributed by atoms with E-state index in [0.29, 0.717) is 6.42 Å². The molecule has 0 saturated heterocycles. The van der Waals surface area contributed by atoms with Crippen molar-refractivity contribution in [2.24, 2.45) is 4.99 Å². The van der Waals surface area contributed by atoms with Gasteiger partial charge in [0, 0.05) is 13.6 Å². The standard InChI is InChI=1S/C12H15N3O/c1-3-15(2)11-8-12(16)14-10-7-5-4-6-9(10)13-11/h4-7H,3,8H2,1-2H3,(H,14,16). The van der Waals surface area contributed by atoms with E-state index in [0.717, 1.165) is 23.8 Å². The van der Waals surface area contributed by atoms with Crippen LogP contribution < -0.4 is 5.32 Å². The Hall–Kier alpha value is -1.84. The minimum Gasteiger partial charge on any atom is -0.363 e. The first-order chi connectivity index (χ1) is 7.70. The predicted molar refractivity (Wildman–Crippen MR) is 65.1 cm³/mol.